The van der Waals surface area contributed by atoms with E-state index in [0.717, 1.165) is 34.5 Å². The lowest BCUT2D eigenvalue weighted by Gasteiger charge is -2.21. The minimum absolute atomic E-state index is 0.0297. The van der Waals surface area contributed by atoms with Crippen LogP contribution in [0.1, 0.15) is 29.2 Å². The van der Waals surface area contributed by atoms with Crippen LogP contribution in [0.2, 0.25) is 0 Å². The summed E-state index contributed by atoms with van der Waals surface area (Å²) in [5, 5.41) is 0. The van der Waals surface area contributed by atoms with Gasteiger partial charge in [0.1, 0.15) is 5.75 Å². The molecular weight excluding hydrogens is 298 g/mol. The Bertz CT molecular complexity index is 784. The van der Waals surface area contributed by atoms with E-state index in [4.69, 9.17) is 4.74 Å². The van der Waals surface area contributed by atoms with Crippen LogP contribution in [-0.2, 0) is 11.2 Å². The molecule has 124 valence electrons. The number of benzene rings is 2. The standard InChI is InChI=1S/C21H23NO2/c1-14-11-18(24-4)12-15(2)19(14)9-10-21(23)22-16(3)13-17-7-5-6-8-20(17)22/h5-12,16H,13H2,1-4H3/b10-9+. The van der Waals surface area contributed by atoms with Crippen LogP contribution in [0.25, 0.3) is 6.08 Å². The molecule has 3 rings (SSSR count). The highest BCUT2D eigenvalue weighted by molar-refractivity contribution is 6.05. The molecule has 3 nitrogen and oxygen atoms in total. The molecule has 2 aromatic rings. The number of fused-ring (bicyclic) bond motifs is 1. The molecule has 0 radical (unpaired) electrons. The first-order valence-electron chi connectivity index (χ1n) is 8.25. The lowest BCUT2D eigenvalue weighted by Crippen LogP contribution is -2.34. The van der Waals surface area contributed by atoms with Crippen molar-refractivity contribution in [2.45, 2.75) is 33.2 Å². The van der Waals surface area contributed by atoms with Gasteiger partial charge in [0, 0.05) is 17.8 Å². The quantitative estimate of drug-likeness (QED) is 0.789. The smallest absolute Gasteiger partial charge is 0.251 e. The van der Waals surface area contributed by atoms with Crippen molar-refractivity contribution in [2.75, 3.05) is 12.0 Å². The lowest BCUT2D eigenvalue weighted by atomic mass is 10.0. The number of hydrogen-bond acceptors (Lipinski definition) is 2. The highest BCUT2D eigenvalue weighted by atomic mass is 16.5. The predicted molar refractivity (Wildman–Crippen MR) is 98.6 cm³/mol. The Balaban J connectivity index is 1.87. The van der Waals surface area contributed by atoms with E-state index in [-0.39, 0.29) is 11.9 Å². The van der Waals surface area contributed by atoms with Crippen molar-refractivity contribution >= 4 is 17.7 Å². The van der Waals surface area contributed by atoms with Gasteiger partial charge in [0.2, 0.25) is 0 Å². The second kappa shape index (κ2) is 6.52. The maximum Gasteiger partial charge on any atom is 0.251 e. The molecule has 2 aromatic carbocycles. The third-order valence-electron chi connectivity index (χ3n) is 4.64. The fourth-order valence-electron chi connectivity index (χ4n) is 3.45. The second-order valence-electron chi connectivity index (χ2n) is 6.40. The Morgan fingerprint density at radius 2 is 1.88 bits per heavy atom. The molecule has 0 bridgehead atoms. The number of para-hydroxylation sites is 1. The maximum absolute atomic E-state index is 12.8. The van der Waals surface area contributed by atoms with E-state index in [1.165, 1.54) is 5.56 Å². The van der Waals surface area contributed by atoms with Crippen LogP contribution in [0.3, 0.4) is 0 Å². The van der Waals surface area contributed by atoms with Crippen molar-refractivity contribution in [2.24, 2.45) is 0 Å². The third kappa shape index (κ3) is 2.94. The number of aryl methyl sites for hydroxylation is 2. The summed E-state index contributed by atoms with van der Waals surface area (Å²) in [6, 6.07) is 12.3. The average molecular weight is 321 g/mol. The fourth-order valence-corrected chi connectivity index (χ4v) is 3.45. The van der Waals surface area contributed by atoms with Gasteiger partial charge in [-0.2, -0.15) is 0 Å². The van der Waals surface area contributed by atoms with Gasteiger partial charge in [-0.15, -0.1) is 0 Å². The zero-order valence-corrected chi connectivity index (χ0v) is 14.7. The molecule has 1 aliphatic rings. The molecule has 0 spiro atoms. The Kier molecular flexibility index (Phi) is 4.43. The van der Waals surface area contributed by atoms with Crippen LogP contribution in [0, 0.1) is 13.8 Å². The highest BCUT2D eigenvalue weighted by Crippen LogP contribution is 2.32. The summed E-state index contributed by atoms with van der Waals surface area (Å²) in [7, 11) is 1.67. The number of methoxy groups -OCH3 is 1. The number of ether oxygens (including phenoxy) is 1. The number of amides is 1. The third-order valence-corrected chi connectivity index (χ3v) is 4.64. The van der Waals surface area contributed by atoms with Gasteiger partial charge >= 0.3 is 0 Å². The first-order chi connectivity index (χ1) is 11.5. The number of nitrogens with zero attached hydrogens (tertiary/aromatic N) is 1. The van der Waals surface area contributed by atoms with Gasteiger partial charge in [0.25, 0.3) is 5.91 Å². The van der Waals surface area contributed by atoms with Crippen LogP contribution in [0.15, 0.2) is 42.5 Å². The molecule has 1 aliphatic heterocycles. The molecule has 0 N–H and O–H groups in total. The minimum Gasteiger partial charge on any atom is -0.497 e. The van der Waals surface area contributed by atoms with E-state index in [1.807, 2.05) is 55.2 Å². The molecule has 0 aliphatic carbocycles. The molecular formula is C21H23NO2. The normalized spacial score (nSPS) is 16.5. The van der Waals surface area contributed by atoms with Gasteiger partial charge in [-0.1, -0.05) is 18.2 Å². The van der Waals surface area contributed by atoms with Gasteiger partial charge in [-0.05, 0) is 73.7 Å². The number of carbonyl (C=O) groups is 1. The minimum atomic E-state index is 0.0297. The molecule has 1 heterocycles. The average Bonchev–Trinajstić information content (AvgIpc) is 2.89. The van der Waals surface area contributed by atoms with Crippen LogP contribution < -0.4 is 9.64 Å². The second-order valence-corrected chi connectivity index (χ2v) is 6.40. The summed E-state index contributed by atoms with van der Waals surface area (Å²) in [6.07, 6.45) is 4.51. The fraction of sp³-hybridized carbons (Fsp3) is 0.286. The molecule has 0 saturated carbocycles. The number of carbonyl (C=O) groups excluding carboxylic acids is 1. The van der Waals surface area contributed by atoms with Crippen molar-refractivity contribution < 1.29 is 9.53 Å². The van der Waals surface area contributed by atoms with E-state index in [1.54, 1.807) is 13.2 Å². The monoisotopic (exact) mass is 321 g/mol. The molecule has 1 amide bonds. The number of anilines is 1. The van der Waals surface area contributed by atoms with Crippen LogP contribution in [0.4, 0.5) is 5.69 Å². The van der Waals surface area contributed by atoms with Crippen LogP contribution >= 0.6 is 0 Å². The van der Waals surface area contributed by atoms with Gasteiger partial charge in [0.15, 0.2) is 0 Å². The van der Waals surface area contributed by atoms with Crippen molar-refractivity contribution in [3.05, 3.63) is 64.7 Å². The highest BCUT2D eigenvalue weighted by Gasteiger charge is 2.29. The Morgan fingerprint density at radius 1 is 1.21 bits per heavy atom. The summed E-state index contributed by atoms with van der Waals surface area (Å²) in [5.74, 6) is 0.873. The molecule has 0 saturated heterocycles. The largest absolute Gasteiger partial charge is 0.497 e. The van der Waals surface area contributed by atoms with Crippen LogP contribution in [0.5, 0.6) is 5.75 Å². The van der Waals surface area contributed by atoms with E-state index >= 15 is 0 Å². The predicted octanol–water partition coefficient (Wildman–Crippen LogP) is 4.30. The van der Waals surface area contributed by atoms with Crippen LogP contribution in [-0.4, -0.2) is 19.1 Å². The van der Waals surface area contributed by atoms with Gasteiger partial charge in [-0.25, -0.2) is 0 Å². The van der Waals surface area contributed by atoms with Gasteiger partial charge in [0.05, 0.1) is 7.11 Å². The molecule has 0 aromatic heterocycles. The summed E-state index contributed by atoms with van der Waals surface area (Å²) < 4.78 is 5.29. The molecule has 1 atom stereocenters. The SMILES string of the molecule is COc1cc(C)c(/C=C/C(=O)N2c3ccccc3CC2C)c(C)c1. The van der Waals surface area contributed by atoms with Crippen molar-refractivity contribution in [1.82, 2.24) is 0 Å². The first kappa shape index (κ1) is 16.3. The summed E-state index contributed by atoms with van der Waals surface area (Å²) in [5.41, 5.74) is 5.55. The van der Waals surface area contributed by atoms with E-state index in [0.29, 0.717) is 0 Å². The van der Waals surface area contributed by atoms with Gasteiger partial charge in [-0.3, -0.25) is 4.79 Å². The molecule has 24 heavy (non-hydrogen) atoms. The zero-order valence-electron chi connectivity index (χ0n) is 14.7. The Hall–Kier alpha value is -2.55. The molecule has 3 heteroatoms. The number of hydrogen-bond donors (Lipinski definition) is 0. The Labute approximate surface area is 143 Å². The van der Waals surface area contributed by atoms with Crippen molar-refractivity contribution in [3.63, 3.8) is 0 Å². The van der Waals surface area contributed by atoms with E-state index < -0.39 is 0 Å². The summed E-state index contributed by atoms with van der Waals surface area (Å²) in [6.45, 7) is 6.16. The Morgan fingerprint density at radius 3 is 2.54 bits per heavy atom. The first-order valence-corrected chi connectivity index (χ1v) is 8.25. The van der Waals surface area contributed by atoms with Gasteiger partial charge < -0.3 is 9.64 Å². The lowest BCUT2D eigenvalue weighted by molar-refractivity contribution is -0.114. The molecule has 1 unspecified atom stereocenters. The molecule has 0 fully saturated rings. The van der Waals surface area contributed by atoms with E-state index in [9.17, 15) is 4.79 Å². The van der Waals surface area contributed by atoms with Crippen molar-refractivity contribution in [3.8, 4) is 5.75 Å². The van der Waals surface area contributed by atoms with E-state index in [2.05, 4.69) is 13.0 Å². The van der Waals surface area contributed by atoms with Crippen molar-refractivity contribution in [1.29, 1.82) is 0 Å². The summed E-state index contributed by atoms with van der Waals surface area (Å²) >= 11 is 0. The maximum atomic E-state index is 12.8. The zero-order chi connectivity index (χ0) is 17.3. The number of rotatable bonds is 3. The summed E-state index contributed by atoms with van der Waals surface area (Å²) in [4.78, 5) is 14.6. The topological polar surface area (TPSA) is 29.5 Å².